The van der Waals surface area contributed by atoms with Crippen LogP contribution in [0.1, 0.15) is 52.7 Å². The Bertz CT molecular complexity index is 726. The molecular formula is C22H29N. The molecule has 0 saturated heterocycles. The summed E-state index contributed by atoms with van der Waals surface area (Å²) in [5, 5.41) is 1.33. The Balaban J connectivity index is 2.62. The van der Waals surface area contributed by atoms with Crippen molar-refractivity contribution in [1.29, 1.82) is 0 Å². The lowest BCUT2D eigenvalue weighted by molar-refractivity contribution is 0.696. The topological polar surface area (TPSA) is 4.93 Å². The number of unbranched alkanes of at least 4 members (excludes halogenated alkanes) is 1. The van der Waals surface area contributed by atoms with Gasteiger partial charge in [0, 0.05) is 23.1 Å². The number of benzene rings is 1. The van der Waals surface area contributed by atoms with E-state index in [0.717, 1.165) is 19.4 Å². The van der Waals surface area contributed by atoms with Gasteiger partial charge >= 0.3 is 0 Å². The van der Waals surface area contributed by atoms with Crippen LogP contribution in [0, 0.1) is 0 Å². The van der Waals surface area contributed by atoms with Crippen LogP contribution in [0.2, 0.25) is 0 Å². The maximum Gasteiger partial charge on any atom is 0.0490 e. The van der Waals surface area contributed by atoms with Crippen molar-refractivity contribution < 1.29 is 0 Å². The van der Waals surface area contributed by atoms with Gasteiger partial charge in [-0.2, -0.15) is 0 Å². The van der Waals surface area contributed by atoms with E-state index in [-0.39, 0.29) is 0 Å². The van der Waals surface area contributed by atoms with Gasteiger partial charge < -0.3 is 4.57 Å². The number of aryl methyl sites for hydroxylation is 1. The number of hydrogen-bond donors (Lipinski definition) is 0. The second-order valence-corrected chi connectivity index (χ2v) is 6.02. The molecule has 0 aliphatic carbocycles. The van der Waals surface area contributed by atoms with Crippen molar-refractivity contribution in [2.75, 3.05) is 0 Å². The second-order valence-electron chi connectivity index (χ2n) is 6.02. The first kappa shape index (κ1) is 17.3. The Labute approximate surface area is 141 Å². The maximum absolute atomic E-state index is 2.48. The summed E-state index contributed by atoms with van der Waals surface area (Å²) >= 11 is 0. The summed E-state index contributed by atoms with van der Waals surface area (Å²) in [6.07, 6.45) is 12.3. The minimum Gasteiger partial charge on any atom is -0.341 e. The third-order valence-corrected chi connectivity index (χ3v) is 4.13. The molecule has 0 aliphatic rings. The molecule has 0 aliphatic heterocycles. The first-order valence-corrected chi connectivity index (χ1v) is 8.81. The van der Waals surface area contributed by atoms with Crippen LogP contribution in [0.3, 0.4) is 0 Å². The Kier molecular flexibility index (Phi) is 6.46. The lowest BCUT2D eigenvalue weighted by Crippen LogP contribution is -2.02. The SMILES string of the molecule is C\C=C/C=C(C)\C(=C\CCC)c1cc2ccccc2n1CCC. The highest BCUT2D eigenvalue weighted by atomic mass is 15.0. The number of nitrogens with zero attached hydrogens (tertiary/aromatic N) is 1. The third kappa shape index (κ3) is 4.04. The molecule has 1 aromatic carbocycles. The lowest BCUT2D eigenvalue weighted by Gasteiger charge is -2.14. The minimum absolute atomic E-state index is 1.06. The van der Waals surface area contributed by atoms with Crippen LogP contribution in [0.15, 0.2) is 60.2 Å². The van der Waals surface area contributed by atoms with E-state index in [0.29, 0.717) is 0 Å². The van der Waals surface area contributed by atoms with Crippen molar-refractivity contribution in [3.63, 3.8) is 0 Å². The lowest BCUT2D eigenvalue weighted by atomic mass is 10.0. The molecule has 23 heavy (non-hydrogen) atoms. The number of rotatable bonds is 7. The van der Waals surface area contributed by atoms with E-state index in [1.807, 2.05) is 0 Å². The van der Waals surface area contributed by atoms with Crippen LogP contribution in [0.25, 0.3) is 16.5 Å². The molecule has 1 nitrogen and oxygen atoms in total. The van der Waals surface area contributed by atoms with Gasteiger partial charge in [-0.15, -0.1) is 0 Å². The molecule has 0 fully saturated rings. The average molecular weight is 307 g/mol. The van der Waals surface area contributed by atoms with Crippen molar-refractivity contribution in [2.45, 2.75) is 53.5 Å². The summed E-state index contributed by atoms with van der Waals surface area (Å²) in [5.74, 6) is 0. The molecule has 1 heterocycles. The van der Waals surface area contributed by atoms with Gasteiger partial charge in [-0.05, 0) is 50.0 Å². The second kappa shape index (κ2) is 8.57. The van der Waals surface area contributed by atoms with Gasteiger partial charge in [0.05, 0.1) is 0 Å². The summed E-state index contributed by atoms with van der Waals surface area (Å²) in [6.45, 7) is 9.82. The predicted molar refractivity (Wildman–Crippen MR) is 104 cm³/mol. The molecule has 1 heteroatoms. The van der Waals surface area contributed by atoms with E-state index >= 15 is 0 Å². The molecule has 1 aromatic heterocycles. The summed E-state index contributed by atoms with van der Waals surface area (Å²) in [6, 6.07) is 11.1. The number of para-hydroxylation sites is 1. The van der Waals surface area contributed by atoms with E-state index in [1.54, 1.807) is 0 Å². The molecule has 0 atom stereocenters. The Morgan fingerprint density at radius 1 is 1.13 bits per heavy atom. The number of hydrogen-bond acceptors (Lipinski definition) is 0. The summed E-state index contributed by atoms with van der Waals surface area (Å²) in [5.41, 5.74) is 5.39. The third-order valence-electron chi connectivity index (χ3n) is 4.13. The minimum atomic E-state index is 1.06. The Morgan fingerprint density at radius 2 is 1.91 bits per heavy atom. The zero-order valence-electron chi connectivity index (χ0n) is 15.0. The van der Waals surface area contributed by atoms with Crippen molar-refractivity contribution >= 4 is 16.5 Å². The first-order chi connectivity index (χ1) is 11.2. The number of allylic oxidation sites excluding steroid dienone is 6. The maximum atomic E-state index is 2.48. The van der Waals surface area contributed by atoms with Crippen molar-refractivity contribution in [1.82, 2.24) is 4.57 Å². The normalized spacial score (nSPS) is 13.4. The molecule has 0 saturated carbocycles. The van der Waals surface area contributed by atoms with Gasteiger partial charge in [0.1, 0.15) is 0 Å². The summed E-state index contributed by atoms with van der Waals surface area (Å²) < 4.78 is 2.48. The molecule has 0 bridgehead atoms. The number of aromatic nitrogens is 1. The van der Waals surface area contributed by atoms with E-state index in [9.17, 15) is 0 Å². The zero-order chi connectivity index (χ0) is 16.7. The van der Waals surface area contributed by atoms with Crippen LogP contribution < -0.4 is 0 Å². The highest BCUT2D eigenvalue weighted by molar-refractivity contribution is 5.89. The quantitative estimate of drug-likeness (QED) is 0.498. The van der Waals surface area contributed by atoms with Gasteiger partial charge in [0.15, 0.2) is 0 Å². The molecular weight excluding hydrogens is 278 g/mol. The van der Waals surface area contributed by atoms with E-state index < -0.39 is 0 Å². The van der Waals surface area contributed by atoms with Gasteiger partial charge in [-0.25, -0.2) is 0 Å². The monoisotopic (exact) mass is 307 g/mol. The van der Waals surface area contributed by atoms with E-state index in [4.69, 9.17) is 0 Å². The molecule has 122 valence electrons. The molecule has 2 aromatic rings. The highest BCUT2D eigenvalue weighted by Gasteiger charge is 2.13. The fourth-order valence-corrected chi connectivity index (χ4v) is 2.98. The van der Waals surface area contributed by atoms with Crippen LogP contribution in [-0.2, 0) is 6.54 Å². The van der Waals surface area contributed by atoms with Crippen molar-refractivity contribution in [2.24, 2.45) is 0 Å². The zero-order valence-corrected chi connectivity index (χ0v) is 15.0. The van der Waals surface area contributed by atoms with Crippen molar-refractivity contribution in [3.05, 3.63) is 65.9 Å². The van der Waals surface area contributed by atoms with Crippen LogP contribution in [-0.4, -0.2) is 4.57 Å². The summed E-state index contributed by atoms with van der Waals surface area (Å²) in [4.78, 5) is 0. The van der Waals surface area contributed by atoms with Crippen molar-refractivity contribution in [3.8, 4) is 0 Å². The Hall–Kier alpha value is -2.02. The van der Waals surface area contributed by atoms with Gasteiger partial charge in [0.2, 0.25) is 0 Å². The van der Waals surface area contributed by atoms with E-state index in [2.05, 4.69) is 86.9 Å². The molecule has 0 amide bonds. The first-order valence-electron chi connectivity index (χ1n) is 8.81. The van der Waals surface area contributed by atoms with Gasteiger partial charge in [-0.1, -0.05) is 62.8 Å². The fourth-order valence-electron chi connectivity index (χ4n) is 2.98. The standard InChI is InChI=1S/C22H29N/c1-5-8-12-18(4)20(14-9-6-2)22-17-19-13-10-11-15-21(19)23(22)16-7-3/h5,8,10-15,17H,6-7,9,16H2,1-4H3/b8-5-,18-12-,20-14-. The summed E-state index contributed by atoms with van der Waals surface area (Å²) in [7, 11) is 0. The Morgan fingerprint density at radius 3 is 2.61 bits per heavy atom. The predicted octanol–water partition coefficient (Wildman–Crippen LogP) is 6.76. The fraction of sp³-hybridized carbons (Fsp3) is 0.364. The average Bonchev–Trinajstić information content (AvgIpc) is 2.92. The van der Waals surface area contributed by atoms with Crippen LogP contribution >= 0.6 is 0 Å². The van der Waals surface area contributed by atoms with Crippen LogP contribution in [0.5, 0.6) is 0 Å². The van der Waals surface area contributed by atoms with E-state index in [1.165, 1.54) is 34.2 Å². The van der Waals surface area contributed by atoms with Crippen LogP contribution in [0.4, 0.5) is 0 Å². The molecule has 0 N–H and O–H groups in total. The molecule has 0 radical (unpaired) electrons. The smallest absolute Gasteiger partial charge is 0.0490 e. The highest BCUT2D eigenvalue weighted by Crippen LogP contribution is 2.30. The molecule has 2 rings (SSSR count). The van der Waals surface area contributed by atoms with Gasteiger partial charge in [-0.3, -0.25) is 0 Å². The largest absolute Gasteiger partial charge is 0.341 e. The molecule has 0 spiro atoms. The number of fused-ring (bicyclic) bond motifs is 1. The molecule has 0 unspecified atom stereocenters. The van der Waals surface area contributed by atoms with Gasteiger partial charge in [0.25, 0.3) is 0 Å².